The van der Waals surface area contributed by atoms with Gasteiger partial charge in [0.2, 0.25) is 11.1 Å². The van der Waals surface area contributed by atoms with E-state index in [-0.39, 0.29) is 18.3 Å². The van der Waals surface area contributed by atoms with Crippen molar-refractivity contribution in [2.75, 3.05) is 18.2 Å². The van der Waals surface area contributed by atoms with Gasteiger partial charge >= 0.3 is 5.97 Å². The minimum atomic E-state index is -0.382. The number of anilines is 1. The van der Waals surface area contributed by atoms with E-state index in [9.17, 15) is 9.59 Å². The zero-order chi connectivity index (χ0) is 24.6. The number of carbonyl (C=O) groups excluding carboxylic acids is 2. The summed E-state index contributed by atoms with van der Waals surface area (Å²) in [6, 6.07) is 12.4. The summed E-state index contributed by atoms with van der Waals surface area (Å²) in [5.74, 6) is -0.0229. The Labute approximate surface area is 216 Å². The van der Waals surface area contributed by atoms with Crippen LogP contribution in [0.2, 0.25) is 0 Å². The molecule has 0 bridgehead atoms. The third-order valence-electron chi connectivity index (χ3n) is 6.71. The number of hydrogen-bond acceptors (Lipinski definition) is 8. The number of thioether (sulfide) groups is 1. The molecule has 36 heavy (non-hydrogen) atoms. The first kappa shape index (κ1) is 23.1. The Morgan fingerprint density at radius 2 is 1.81 bits per heavy atom. The van der Waals surface area contributed by atoms with Crippen LogP contribution in [0.4, 0.5) is 5.00 Å². The molecular formula is C27H24N4O3S2. The number of nitrogens with zero attached hydrogens (tertiary/aromatic N) is 3. The molecular weight excluding hydrogens is 492 g/mol. The van der Waals surface area contributed by atoms with Crippen LogP contribution in [0.1, 0.15) is 46.5 Å². The largest absolute Gasteiger partial charge is 0.465 e. The molecule has 2 aromatic heterocycles. The van der Waals surface area contributed by atoms with Crippen molar-refractivity contribution in [1.29, 1.82) is 0 Å². The minimum Gasteiger partial charge on any atom is -0.465 e. The van der Waals surface area contributed by atoms with Crippen LogP contribution in [0.5, 0.6) is 0 Å². The lowest BCUT2D eigenvalue weighted by Gasteiger charge is -2.07. The predicted octanol–water partition coefficient (Wildman–Crippen LogP) is 5.91. The molecule has 1 amide bonds. The van der Waals surface area contributed by atoms with Crippen molar-refractivity contribution < 1.29 is 14.3 Å². The lowest BCUT2D eigenvalue weighted by molar-refractivity contribution is -0.115. The van der Waals surface area contributed by atoms with E-state index in [0.29, 0.717) is 21.5 Å². The molecule has 9 heteroatoms. The molecule has 2 aliphatic carbocycles. The average molecular weight is 517 g/mol. The Bertz CT molecular complexity index is 1510. The smallest absolute Gasteiger partial charge is 0.341 e. The second-order valence-electron chi connectivity index (χ2n) is 8.91. The number of ether oxygens (including phenoxy) is 1. The molecule has 2 heterocycles. The molecule has 0 saturated heterocycles. The highest BCUT2D eigenvalue weighted by Crippen LogP contribution is 2.45. The first-order valence-corrected chi connectivity index (χ1v) is 13.9. The Kier molecular flexibility index (Phi) is 6.18. The number of carbonyl (C=O) groups is 2. The van der Waals surface area contributed by atoms with Crippen molar-refractivity contribution in [2.45, 2.75) is 43.7 Å². The number of amides is 1. The van der Waals surface area contributed by atoms with Gasteiger partial charge < -0.3 is 10.1 Å². The van der Waals surface area contributed by atoms with E-state index in [2.05, 4.69) is 39.8 Å². The molecule has 2 aromatic carbocycles. The van der Waals surface area contributed by atoms with Gasteiger partial charge in [-0.2, -0.15) is 0 Å². The molecule has 4 aromatic rings. The van der Waals surface area contributed by atoms with Crippen LogP contribution in [-0.4, -0.2) is 39.9 Å². The van der Waals surface area contributed by atoms with Gasteiger partial charge in [0.1, 0.15) is 16.4 Å². The van der Waals surface area contributed by atoms with E-state index < -0.39 is 0 Å². The molecule has 7 nitrogen and oxygen atoms in total. The van der Waals surface area contributed by atoms with Gasteiger partial charge in [0.15, 0.2) is 0 Å². The highest BCUT2D eigenvalue weighted by Gasteiger charge is 2.27. The van der Waals surface area contributed by atoms with Crippen molar-refractivity contribution in [2.24, 2.45) is 0 Å². The van der Waals surface area contributed by atoms with Gasteiger partial charge in [-0.15, -0.1) is 21.5 Å². The number of aryl methyl sites for hydroxylation is 1. The second-order valence-corrected chi connectivity index (χ2v) is 11.1. The lowest BCUT2D eigenvalue weighted by atomic mass is 10.0. The maximum absolute atomic E-state index is 12.8. The fourth-order valence-corrected chi connectivity index (χ4v) is 7.07. The first-order chi connectivity index (χ1) is 17.6. The van der Waals surface area contributed by atoms with E-state index >= 15 is 0 Å². The maximum atomic E-state index is 12.8. The summed E-state index contributed by atoms with van der Waals surface area (Å²) >= 11 is 2.91. The monoisotopic (exact) mass is 516 g/mol. The first-order valence-electron chi connectivity index (χ1n) is 12.1. The van der Waals surface area contributed by atoms with Crippen molar-refractivity contribution in [3.8, 4) is 22.5 Å². The molecule has 2 aliphatic rings. The SMILES string of the molecule is COC(=O)c1c(NC(=O)CCSc2nnc3c(n2)-c2cccc4cccc-3c24)sc2c1CCCCC2. The number of hydrogen-bond donors (Lipinski definition) is 1. The topological polar surface area (TPSA) is 94.1 Å². The predicted molar refractivity (Wildman–Crippen MR) is 143 cm³/mol. The maximum Gasteiger partial charge on any atom is 0.341 e. The number of nitrogens with one attached hydrogen (secondary N) is 1. The molecule has 182 valence electrons. The van der Waals surface area contributed by atoms with Gasteiger partial charge in [-0.1, -0.05) is 54.6 Å². The van der Waals surface area contributed by atoms with Gasteiger partial charge in [-0.25, -0.2) is 9.78 Å². The third kappa shape index (κ3) is 4.06. The quantitative estimate of drug-likeness (QED) is 0.170. The van der Waals surface area contributed by atoms with Crippen molar-refractivity contribution >= 4 is 50.7 Å². The molecule has 0 atom stereocenters. The summed E-state index contributed by atoms with van der Waals surface area (Å²) in [5.41, 5.74) is 5.34. The van der Waals surface area contributed by atoms with Crippen LogP contribution in [0.15, 0.2) is 41.6 Å². The Morgan fingerprint density at radius 1 is 1.03 bits per heavy atom. The van der Waals surface area contributed by atoms with E-state index in [1.807, 2.05) is 12.1 Å². The summed E-state index contributed by atoms with van der Waals surface area (Å²) in [4.78, 5) is 31.3. The van der Waals surface area contributed by atoms with E-state index in [1.165, 1.54) is 35.1 Å². The van der Waals surface area contributed by atoms with Crippen molar-refractivity contribution in [1.82, 2.24) is 15.2 Å². The van der Waals surface area contributed by atoms with Gasteiger partial charge in [0.05, 0.1) is 12.7 Å². The summed E-state index contributed by atoms with van der Waals surface area (Å²) in [6.45, 7) is 0. The molecule has 0 aliphatic heterocycles. The van der Waals surface area contributed by atoms with Crippen molar-refractivity contribution in [3.63, 3.8) is 0 Å². The van der Waals surface area contributed by atoms with Crippen LogP contribution in [-0.2, 0) is 22.4 Å². The summed E-state index contributed by atoms with van der Waals surface area (Å²) in [5, 5.41) is 15.2. The fraction of sp³-hybridized carbons (Fsp3) is 0.296. The van der Waals surface area contributed by atoms with Gasteiger partial charge in [-0.05, 0) is 36.6 Å². The summed E-state index contributed by atoms with van der Waals surface area (Å²) in [6.07, 6.45) is 5.36. The van der Waals surface area contributed by atoms with Crippen LogP contribution in [0, 0.1) is 0 Å². The minimum absolute atomic E-state index is 0.143. The van der Waals surface area contributed by atoms with Crippen LogP contribution in [0.3, 0.4) is 0 Å². The molecule has 0 saturated carbocycles. The number of esters is 1. The zero-order valence-electron chi connectivity index (χ0n) is 19.8. The Hall–Kier alpha value is -3.30. The summed E-state index contributed by atoms with van der Waals surface area (Å²) in [7, 11) is 1.38. The molecule has 6 rings (SSSR count). The third-order valence-corrected chi connectivity index (χ3v) is 8.75. The number of methoxy groups -OCH3 is 1. The number of thiophene rings is 1. The average Bonchev–Trinajstić information content (AvgIpc) is 3.29. The number of aromatic nitrogens is 3. The molecule has 0 unspecified atom stereocenters. The summed E-state index contributed by atoms with van der Waals surface area (Å²) < 4.78 is 5.03. The molecule has 0 spiro atoms. The lowest BCUT2D eigenvalue weighted by Crippen LogP contribution is -2.15. The van der Waals surface area contributed by atoms with E-state index in [1.54, 1.807) is 0 Å². The Morgan fingerprint density at radius 3 is 2.61 bits per heavy atom. The number of fused-ring (bicyclic) bond motifs is 4. The molecule has 0 fully saturated rings. The highest BCUT2D eigenvalue weighted by molar-refractivity contribution is 7.99. The number of rotatable bonds is 6. The van der Waals surface area contributed by atoms with Crippen LogP contribution >= 0.6 is 23.1 Å². The Balaban J connectivity index is 1.14. The van der Waals surface area contributed by atoms with Crippen LogP contribution in [0.25, 0.3) is 33.3 Å². The van der Waals surface area contributed by atoms with Gasteiger partial charge in [0.25, 0.3) is 0 Å². The number of benzene rings is 2. The second kappa shape index (κ2) is 9.63. The fourth-order valence-electron chi connectivity index (χ4n) is 5.05. The highest BCUT2D eigenvalue weighted by atomic mass is 32.2. The van der Waals surface area contributed by atoms with E-state index in [0.717, 1.165) is 71.0 Å². The van der Waals surface area contributed by atoms with Crippen molar-refractivity contribution in [3.05, 3.63) is 52.4 Å². The van der Waals surface area contributed by atoms with Gasteiger partial charge in [0, 0.05) is 33.6 Å². The van der Waals surface area contributed by atoms with Gasteiger partial charge in [-0.3, -0.25) is 4.79 Å². The van der Waals surface area contributed by atoms with E-state index in [4.69, 9.17) is 9.72 Å². The van der Waals surface area contributed by atoms with Crippen LogP contribution < -0.4 is 5.32 Å². The molecule has 0 radical (unpaired) electrons. The normalized spacial score (nSPS) is 13.7. The standard InChI is InChI=1S/C27H24N4O3S2/c1-34-26(33)22-16-9-3-2-4-12-19(16)36-25(22)28-20(32)13-14-35-27-29-23-17-10-5-7-15-8-6-11-18(21(15)17)24(23)30-31-27/h5-8,10-11H,2-4,9,12-14H2,1H3,(H,28,32). The zero-order valence-corrected chi connectivity index (χ0v) is 21.4. The molecule has 1 N–H and O–H groups in total.